The monoisotopic (exact) mass is 381 g/mol. The van der Waals surface area contributed by atoms with Crippen LogP contribution in [0.3, 0.4) is 0 Å². The second kappa shape index (κ2) is 8.17. The van der Waals surface area contributed by atoms with Crippen LogP contribution in [0.4, 0.5) is 35.0 Å². The van der Waals surface area contributed by atoms with Crippen LogP contribution < -0.4 is 20.3 Å². The van der Waals surface area contributed by atoms with Crippen molar-refractivity contribution in [3.63, 3.8) is 0 Å². The Morgan fingerprint density at radius 2 is 1.44 bits per heavy atom. The standard InChI is InChI=1S/C18H18F3N3O3/c19-18(20,21)27-16-7-3-14(4-8-16)23-17(25)22-13-1-5-15(6-2-13)24-9-11-26-12-10-24/h1-8H,9-12H2,(H2,22,23,25). The van der Waals surface area contributed by atoms with E-state index in [2.05, 4.69) is 20.3 Å². The smallest absolute Gasteiger partial charge is 0.406 e. The zero-order chi connectivity index (χ0) is 19.3. The van der Waals surface area contributed by atoms with Crippen LogP contribution in [0.2, 0.25) is 0 Å². The van der Waals surface area contributed by atoms with E-state index in [4.69, 9.17) is 4.74 Å². The van der Waals surface area contributed by atoms with E-state index >= 15 is 0 Å². The molecule has 6 nitrogen and oxygen atoms in total. The Bertz CT molecular complexity index is 758. The maximum absolute atomic E-state index is 12.1. The van der Waals surface area contributed by atoms with Crippen LogP contribution in [0.25, 0.3) is 0 Å². The third-order valence-electron chi connectivity index (χ3n) is 3.85. The first-order valence-electron chi connectivity index (χ1n) is 8.26. The highest BCUT2D eigenvalue weighted by Gasteiger charge is 2.30. The molecule has 1 saturated heterocycles. The van der Waals surface area contributed by atoms with Crippen LogP contribution >= 0.6 is 0 Å². The molecule has 144 valence electrons. The molecule has 27 heavy (non-hydrogen) atoms. The highest BCUT2D eigenvalue weighted by atomic mass is 19.4. The molecule has 0 atom stereocenters. The van der Waals surface area contributed by atoms with Crippen molar-refractivity contribution in [2.24, 2.45) is 0 Å². The molecule has 0 radical (unpaired) electrons. The first-order chi connectivity index (χ1) is 12.9. The topological polar surface area (TPSA) is 62.8 Å². The summed E-state index contributed by atoms with van der Waals surface area (Å²) in [6.45, 7) is 3.02. The van der Waals surface area contributed by atoms with Crippen LogP contribution in [-0.2, 0) is 4.74 Å². The number of hydrogen-bond acceptors (Lipinski definition) is 4. The average molecular weight is 381 g/mol. The summed E-state index contributed by atoms with van der Waals surface area (Å²) in [6.07, 6.45) is -4.75. The number of halogens is 3. The molecule has 0 aromatic heterocycles. The van der Waals surface area contributed by atoms with Gasteiger partial charge in [-0.15, -0.1) is 13.2 Å². The molecule has 0 aliphatic carbocycles. The molecule has 1 fully saturated rings. The highest BCUT2D eigenvalue weighted by molar-refractivity contribution is 5.99. The molecule has 2 aromatic rings. The molecule has 0 unspecified atom stereocenters. The number of morpholine rings is 1. The fraction of sp³-hybridized carbons (Fsp3) is 0.278. The molecule has 0 bridgehead atoms. The number of amides is 2. The van der Waals surface area contributed by atoms with Gasteiger partial charge in [0.05, 0.1) is 13.2 Å². The fourth-order valence-electron chi connectivity index (χ4n) is 2.61. The molecule has 3 rings (SSSR count). The van der Waals surface area contributed by atoms with E-state index in [1.54, 1.807) is 12.1 Å². The average Bonchev–Trinajstić information content (AvgIpc) is 2.63. The Labute approximate surface area is 153 Å². The molecule has 9 heteroatoms. The maximum Gasteiger partial charge on any atom is 0.573 e. The second-order valence-electron chi connectivity index (χ2n) is 5.80. The number of carbonyl (C=O) groups is 1. The third-order valence-corrected chi connectivity index (χ3v) is 3.85. The van der Waals surface area contributed by atoms with Crippen molar-refractivity contribution in [1.82, 2.24) is 0 Å². The Balaban J connectivity index is 1.53. The summed E-state index contributed by atoms with van der Waals surface area (Å²) in [7, 11) is 0. The van der Waals surface area contributed by atoms with Crippen molar-refractivity contribution >= 4 is 23.1 Å². The minimum atomic E-state index is -4.75. The molecule has 2 amide bonds. The SMILES string of the molecule is O=C(Nc1ccc(OC(F)(F)F)cc1)Nc1ccc(N2CCOCC2)cc1. The molecular formula is C18H18F3N3O3. The highest BCUT2D eigenvalue weighted by Crippen LogP contribution is 2.24. The molecule has 0 spiro atoms. The Kier molecular flexibility index (Phi) is 5.70. The summed E-state index contributed by atoms with van der Waals surface area (Å²) in [5, 5.41) is 5.21. The number of anilines is 3. The van der Waals surface area contributed by atoms with Crippen molar-refractivity contribution in [3.8, 4) is 5.75 Å². The van der Waals surface area contributed by atoms with Gasteiger partial charge < -0.3 is 25.0 Å². The molecule has 0 saturated carbocycles. The van der Waals surface area contributed by atoms with Gasteiger partial charge in [-0.1, -0.05) is 0 Å². The van der Waals surface area contributed by atoms with Crippen molar-refractivity contribution in [2.45, 2.75) is 6.36 Å². The number of rotatable bonds is 4. The quantitative estimate of drug-likeness (QED) is 0.838. The van der Waals surface area contributed by atoms with Gasteiger partial charge in [-0.25, -0.2) is 4.79 Å². The predicted octanol–water partition coefficient (Wildman–Crippen LogP) is 4.07. The normalized spacial score (nSPS) is 14.6. The minimum absolute atomic E-state index is 0.340. The minimum Gasteiger partial charge on any atom is -0.406 e. The Morgan fingerprint density at radius 1 is 0.926 bits per heavy atom. The molecule has 1 aliphatic rings. The van der Waals surface area contributed by atoms with Gasteiger partial charge in [-0.3, -0.25) is 0 Å². The summed E-state index contributed by atoms with van der Waals surface area (Å²) in [5.74, 6) is -0.354. The Morgan fingerprint density at radius 3 is 1.96 bits per heavy atom. The second-order valence-corrected chi connectivity index (χ2v) is 5.80. The summed E-state index contributed by atoms with van der Waals surface area (Å²) >= 11 is 0. The number of urea groups is 1. The van der Waals surface area contributed by atoms with Crippen LogP contribution in [0, 0.1) is 0 Å². The number of nitrogens with one attached hydrogen (secondary N) is 2. The third kappa shape index (κ3) is 5.78. The van der Waals surface area contributed by atoms with E-state index in [9.17, 15) is 18.0 Å². The van der Waals surface area contributed by atoms with Gasteiger partial charge in [0.25, 0.3) is 0 Å². The van der Waals surface area contributed by atoms with Crippen LogP contribution in [-0.4, -0.2) is 38.7 Å². The van der Waals surface area contributed by atoms with Crippen LogP contribution in [0.1, 0.15) is 0 Å². The van der Waals surface area contributed by atoms with E-state index in [1.165, 1.54) is 12.1 Å². The number of benzene rings is 2. The summed E-state index contributed by atoms with van der Waals surface area (Å²) < 4.78 is 45.5. The van der Waals surface area contributed by atoms with Gasteiger partial charge in [0.2, 0.25) is 0 Å². The van der Waals surface area contributed by atoms with Crippen LogP contribution in [0.15, 0.2) is 48.5 Å². The van der Waals surface area contributed by atoms with Crippen molar-refractivity contribution in [2.75, 3.05) is 41.8 Å². The molecule has 1 heterocycles. The van der Waals surface area contributed by atoms with Gasteiger partial charge >= 0.3 is 12.4 Å². The zero-order valence-electron chi connectivity index (χ0n) is 14.3. The van der Waals surface area contributed by atoms with Crippen molar-refractivity contribution in [3.05, 3.63) is 48.5 Å². The van der Waals surface area contributed by atoms with E-state index in [1.807, 2.05) is 12.1 Å². The lowest BCUT2D eigenvalue weighted by molar-refractivity contribution is -0.274. The fourth-order valence-corrected chi connectivity index (χ4v) is 2.61. The van der Waals surface area contributed by atoms with E-state index in [0.717, 1.165) is 30.9 Å². The van der Waals surface area contributed by atoms with E-state index in [0.29, 0.717) is 24.6 Å². The lowest BCUT2D eigenvalue weighted by atomic mass is 10.2. The largest absolute Gasteiger partial charge is 0.573 e. The van der Waals surface area contributed by atoms with Crippen molar-refractivity contribution < 1.29 is 27.4 Å². The lowest BCUT2D eigenvalue weighted by Gasteiger charge is -2.28. The summed E-state index contributed by atoms with van der Waals surface area (Å²) in [4.78, 5) is 14.2. The number of nitrogens with zero attached hydrogens (tertiary/aromatic N) is 1. The van der Waals surface area contributed by atoms with E-state index < -0.39 is 12.4 Å². The van der Waals surface area contributed by atoms with Gasteiger partial charge in [0, 0.05) is 30.2 Å². The van der Waals surface area contributed by atoms with Gasteiger partial charge in [-0.05, 0) is 48.5 Å². The van der Waals surface area contributed by atoms with Crippen LogP contribution in [0.5, 0.6) is 5.75 Å². The summed E-state index contributed by atoms with van der Waals surface area (Å²) in [5.41, 5.74) is 1.98. The van der Waals surface area contributed by atoms with Gasteiger partial charge in [-0.2, -0.15) is 0 Å². The number of carbonyl (C=O) groups excluding carboxylic acids is 1. The predicted molar refractivity (Wildman–Crippen MR) is 95.2 cm³/mol. The van der Waals surface area contributed by atoms with Gasteiger partial charge in [0.15, 0.2) is 0 Å². The van der Waals surface area contributed by atoms with Crippen molar-refractivity contribution in [1.29, 1.82) is 0 Å². The number of hydrogen-bond donors (Lipinski definition) is 2. The molecule has 1 aliphatic heterocycles. The zero-order valence-corrected chi connectivity index (χ0v) is 14.3. The first kappa shape index (κ1) is 18.8. The molecular weight excluding hydrogens is 363 g/mol. The maximum atomic E-state index is 12.1. The number of alkyl halides is 3. The molecule has 2 N–H and O–H groups in total. The Hall–Kier alpha value is -2.94. The lowest BCUT2D eigenvalue weighted by Crippen LogP contribution is -2.36. The first-order valence-corrected chi connectivity index (χ1v) is 8.26. The van der Waals surface area contributed by atoms with Gasteiger partial charge in [0.1, 0.15) is 5.75 Å². The molecule has 2 aromatic carbocycles. The summed E-state index contributed by atoms with van der Waals surface area (Å²) in [6, 6.07) is 11.8. The number of ether oxygens (including phenoxy) is 2. The van der Waals surface area contributed by atoms with E-state index in [-0.39, 0.29) is 5.75 Å².